The number of allylic oxidation sites excluding steroid dienone is 5. The zero-order valence-corrected chi connectivity index (χ0v) is 13.4. The van der Waals surface area contributed by atoms with Crippen molar-refractivity contribution >= 4 is 5.97 Å². The van der Waals surface area contributed by atoms with Crippen LogP contribution in [0.3, 0.4) is 0 Å². The topological polar surface area (TPSA) is 37.3 Å². The average molecular weight is 278 g/mol. The first-order valence-corrected chi connectivity index (χ1v) is 7.85. The SMILES string of the molecule is CCC=CC(CC)CC(C=C(C=CC(=O)O)CC)CC. The first-order chi connectivity index (χ1) is 9.57. The molecule has 2 heteroatoms. The molecule has 0 bridgehead atoms. The van der Waals surface area contributed by atoms with Crippen molar-refractivity contribution in [2.75, 3.05) is 0 Å². The number of carboxylic acid groups (broad SMARTS) is 1. The minimum absolute atomic E-state index is 0.523. The normalized spacial score (nSPS) is 15.9. The lowest BCUT2D eigenvalue weighted by Gasteiger charge is -2.17. The first-order valence-electron chi connectivity index (χ1n) is 7.85. The van der Waals surface area contributed by atoms with Gasteiger partial charge in [0.2, 0.25) is 0 Å². The highest BCUT2D eigenvalue weighted by atomic mass is 16.4. The summed E-state index contributed by atoms with van der Waals surface area (Å²) in [5, 5.41) is 8.71. The molecule has 0 spiro atoms. The van der Waals surface area contributed by atoms with Crippen molar-refractivity contribution < 1.29 is 9.90 Å². The summed E-state index contributed by atoms with van der Waals surface area (Å²) in [6.45, 7) is 8.66. The molecule has 2 nitrogen and oxygen atoms in total. The molecule has 0 fully saturated rings. The lowest BCUT2D eigenvalue weighted by molar-refractivity contribution is -0.131. The third-order valence-corrected chi connectivity index (χ3v) is 3.60. The van der Waals surface area contributed by atoms with E-state index in [9.17, 15) is 4.79 Å². The molecule has 0 saturated carbocycles. The maximum atomic E-state index is 10.6. The van der Waals surface area contributed by atoms with Crippen LogP contribution in [-0.2, 0) is 4.79 Å². The van der Waals surface area contributed by atoms with Crippen LogP contribution in [0.15, 0.2) is 36.0 Å². The Kier molecular flexibility index (Phi) is 10.8. The van der Waals surface area contributed by atoms with Crippen LogP contribution in [-0.4, -0.2) is 11.1 Å². The molecule has 0 aliphatic rings. The third-order valence-electron chi connectivity index (χ3n) is 3.60. The molecule has 0 saturated heterocycles. The van der Waals surface area contributed by atoms with E-state index in [0.717, 1.165) is 37.7 Å². The smallest absolute Gasteiger partial charge is 0.328 e. The van der Waals surface area contributed by atoms with E-state index in [4.69, 9.17) is 5.11 Å². The molecule has 0 amide bonds. The Labute approximate surface area is 124 Å². The molecule has 20 heavy (non-hydrogen) atoms. The Bertz CT molecular complexity index is 350. The van der Waals surface area contributed by atoms with E-state index in [0.29, 0.717) is 11.8 Å². The summed E-state index contributed by atoms with van der Waals surface area (Å²) in [6, 6.07) is 0. The first kappa shape index (κ1) is 18.7. The summed E-state index contributed by atoms with van der Waals surface area (Å²) in [6.07, 6.45) is 15.2. The second kappa shape index (κ2) is 11.5. The predicted octanol–water partition coefficient (Wildman–Crippen LogP) is 5.37. The molecule has 0 radical (unpaired) electrons. The van der Waals surface area contributed by atoms with Crippen molar-refractivity contribution in [2.24, 2.45) is 11.8 Å². The molecule has 0 aliphatic carbocycles. The maximum Gasteiger partial charge on any atom is 0.328 e. The fourth-order valence-corrected chi connectivity index (χ4v) is 2.22. The molecule has 0 rings (SSSR count). The fraction of sp³-hybridized carbons (Fsp3) is 0.611. The van der Waals surface area contributed by atoms with Gasteiger partial charge in [-0.25, -0.2) is 4.79 Å². The second-order valence-corrected chi connectivity index (χ2v) is 5.18. The van der Waals surface area contributed by atoms with Gasteiger partial charge in [-0.1, -0.05) is 57.6 Å². The van der Waals surface area contributed by atoms with Gasteiger partial charge in [0.25, 0.3) is 0 Å². The number of rotatable bonds is 10. The molecular weight excluding hydrogens is 248 g/mol. The lowest BCUT2D eigenvalue weighted by atomic mass is 9.88. The molecule has 1 N–H and O–H groups in total. The Hall–Kier alpha value is -1.31. The molecule has 0 aliphatic heterocycles. The Morgan fingerprint density at radius 1 is 1.05 bits per heavy atom. The number of carboxylic acids is 1. The minimum Gasteiger partial charge on any atom is -0.478 e. The standard InChI is InChI=1S/C18H30O2/c1-5-9-10-15(6-2)13-17(8-4)14-16(7-3)11-12-18(19)20/h9-12,14-15,17H,5-8,13H2,1-4H3,(H,19,20). The van der Waals surface area contributed by atoms with Crippen LogP contribution < -0.4 is 0 Å². The summed E-state index contributed by atoms with van der Waals surface area (Å²) < 4.78 is 0. The quantitative estimate of drug-likeness (QED) is 0.331. The van der Waals surface area contributed by atoms with Gasteiger partial charge in [0, 0.05) is 6.08 Å². The summed E-state index contributed by atoms with van der Waals surface area (Å²) in [5.74, 6) is 0.266. The molecule has 0 heterocycles. The van der Waals surface area contributed by atoms with Crippen LogP contribution in [0.25, 0.3) is 0 Å². The van der Waals surface area contributed by atoms with Crippen LogP contribution in [0.2, 0.25) is 0 Å². The lowest BCUT2D eigenvalue weighted by Crippen LogP contribution is -2.04. The Balaban J connectivity index is 4.78. The Morgan fingerprint density at radius 3 is 2.15 bits per heavy atom. The summed E-state index contributed by atoms with van der Waals surface area (Å²) >= 11 is 0. The van der Waals surface area contributed by atoms with Gasteiger partial charge >= 0.3 is 5.97 Å². The third kappa shape index (κ3) is 8.73. The van der Waals surface area contributed by atoms with Crippen molar-refractivity contribution in [3.8, 4) is 0 Å². The van der Waals surface area contributed by atoms with Gasteiger partial charge in [-0.3, -0.25) is 0 Å². The van der Waals surface area contributed by atoms with Gasteiger partial charge in [-0.2, -0.15) is 0 Å². The molecular formula is C18H30O2. The van der Waals surface area contributed by atoms with E-state index < -0.39 is 5.97 Å². The molecule has 0 aromatic carbocycles. The number of aliphatic carboxylic acids is 1. The number of carbonyl (C=O) groups is 1. The zero-order chi connectivity index (χ0) is 15.4. The molecule has 2 unspecified atom stereocenters. The average Bonchev–Trinajstić information content (AvgIpc) is 2.45. The predicted molar refractivity (Wildman–Crippen MR) is 86.8 cm³/mol. The van der Waals surface area contributed by atoms with Crippen molar-refractivity contribution in [2.45, 2.75) is 59.8 Å². The van der Waals surface area contributed by atoms with Gasteiger partial charge in [0.15, 0.2) is 0 Å². The zero-order valence-electron chi connectivity index (χ0n) is 13.4. The summed E-state index contributed by atoms with van der Waals surface area (Å²) in [4.78, 5) is 10.6. The molecule has 114 valence electrons. The van der Waals surface area contributed by atoms with Gasteiger partial charge in [0.1, 0.15) is 0 Å². The number of hydrogen-bond donors (Lipinski definition) is 1. The Morgan fingerprint density at radius 2 is 1.70 bits per heavy atom. The highest BCUT2D eigenvalue weighted by Crippen LogP contribution is 2.23. The van der Waals surface area contributed by atoms with Crippen LogP contribution in [0.4, 0.5) is 0 Å². The van der Waals surface area contributed by atoms with Crippen LogP contribution in [0.1, 0.15) is 59.8 Å². The van der Waals surface area contributed by atoms with Gasteiger partial charge in [-0.05, 0) is 43.9 Å². The highest BCUT2D eigenvalue weighted by Gasteiger charge is 2.10. The molecule has 0 aromatic heterocycles. The van der Waals surface area contributed by atoms with E-state index in [-0.39, 0.29) is 0 Å². The molecule has 0 aromatic rings. The van der Waals surface area contributed by atoms with Gasteiger partial charge in [0.05, 0.1) is 0 Å². The second-order valence-electron chi connectivity index (χ2n) is 5.18. The highest BCUT2D eigenvalue weighted by molar-refractivity contribution is 5.80. The van der Waals surface area contributed by atoms with Crippen LogP contribution in [0.5, 0.6) is 0 Å². The van der Waals surface area contributed by atoms with Crippen LogP contribution in [0, 0.1) is 11.8 Å². The number of hydrogen-bond acceptors (Lipinski definition) is 1. The van der Waals surface area contributed by atoms with Crippen LogP contribution >= 0.6 is 0 Å². The van der Waals surface area contributed by atoms with Crippen molar-refractivity contribution in [1.29, 1.82) is 0 Å². The summed E-state index contributed by atoms with van der Waals surface area (Å²) in [5.41, 5.74) is 1.12. The van der Waals surface area contributed by atoms with Gasteiger partial charge in [-0.15, -0.1) is 0 Å². The van der Waals surface area contributed by atoms with Crippen molar-refractivity contribution in [3.63, 3.8) is 0 Å². The van der Waals surface area contributed by atoms with E-state index >= 15 is 0 Å². The largest absolute Gasteiger partial charge is 0.478 e. The monoisotopic (exact) mass is 278 g/mol. The van der Waals surface area contributed by atoms with Crippen molar-refractivity contribution in [1.82, 2.24) is 0 Å². The summed E-state index contributed by atoms with van der Waals surface area (Å²) in [7, 11) is 0. The maximum absolute atomic E-state index is 10.6. The molecule has 2 atom stereocenters. The van der Waals surface area contributed by atoms with E-state index in [1.807, 2.05) is 0 Å². The fourth-order valence-electron chi connectivity index (χ4n) is 2.22. The van der Waals surface area contributed by atoms with Crippen molar-refractivity contribution in [3.05, 3.63) is 36.0 Å². The van der Waals surface area contributed by atoms with E-state index in [1.54, 1.807) is 6.08 Å². The van der Waals surface area contributed by atoms with E-state index in [2.05, 4.69) is 45.9 Å². The van der Waals surface area contributed by atoms with Gasteiger partial charge < -0.3 is 5.11 Å². The minimum atomic E-state index is -0.880. The van der Waals surface area contributed by atoms with E-state index in [1.165, 1.54) is 6.08 Å².